The molecule has 2 aliphatic rings. The second-order valence-electron chi connectivity index (χ2n) is 7.02. The van der Waals surface area contributed by atoms with Gasteiger partial charge in [0, 0.05) is 24.1 Å². The predicted molar refractivity (Wildman–Crippen MR) is 87.6 cm³/mol. The van der Waals surface area contributed by atoms with E-state index in [1.54, 1.807) is 0 Å². The van der Waals surface area contributed by atoms with Crippen LogP contribution in [0.15, 0.2) is 0 Å². The van der Waals surface area contributed by atoms with E-state index in [1.165, 1.54) is 38.5 Å². The SMILES string of the molecule is Cc1c(N)nc(C(C)C)nc1N1CCCC2CCCCC21. The van der Waals surface area contributed by atoms with E-state index >= 15 is 0 Å². The Balaban J connectivity index is 1.98. The normalized spacial score (nSPS) is 26.0. The van der Waals surface area contributed by atoms with Crippen LogP contribution in [0.4, 0.5) is 11.6 Å². The first-order valence-electron chi connectivity index (χ1n) is 8.48. The van der Waals surface area contributed by atoms with Crippen LogP contribution in [-0.4, -0.2) is 22.6 Å². The molecule has 2 unspecified atom stereocenters. The molecule has 1 aromatic heterocycles. The van der Waals surface area contributed by atoms with E-state index in [1.807, 2.05) is 0 Å². The zero-order chi connectivity index (χ0) is 15.0. The van der Waals surface area contributed by atoms with Gasteiger partial charge in [-0.3, -0.25) is 0 Å². The third-order valence-corrected chi connectivity index (χ3v) is 5.21. The number of piperidine rings is 1. The summed E-state index contributed by atoms with van der Waals surface area (Å²) in [5.41, 5.74) is 7.22. The van der Waals surface area contributed by atoms with Gasteiger partial charge in [-0.15, -0.1) is 0 Å². The molecule has 0 aromatic carbocycles. The van der Waals surface area contributed by atoms with Gasteiger partial charge in [-0.1, -0.05) is 26.7 Å². The van der Waals surface area contributed by atoms with E-state index in [0.29, 0.717) is 17.8 Å². The molecule has 4 heteroatoms. The number of fused-ring (bicyclic) bond motifs is 1. The summed E-state index contributed by atoms with van der Waals surface area (Å²) in [6, 6.07) is 0.667. The van der Waals surface area contributed by atoms with Gasteiger partial charge in [-0.2, -0.15) is 0 Å². The van der Waals surface area contributed by atoms with Crippen molar-refractivity contribution in [1.29, 1.82) is 0 Å². The standard InChI is InChI=1S/C17H28N4/c1-11(2)16-19-15(18)12(3)17(20-16)21-10-6-8-13-7-4-5-9-14(13)21/h11,13-14H,4-10H2,1-3H3,(H2,18,19,20). The Kier molecular flexibility index (Phi) is 4.05. The van der Waals surface area contributed by atoms with E-state index in [2.05, 4.69) is 30.7 Å². The molecule has 0 amide bonds. The zero-order valence-corrected chi connectivity index (χ0v) is 13.6. The molecule has 1 saturated carbocycles. The third kappa shape index (κ3) is 2.72. The lowest BCUT2D eigenvalue weighted by Crippen LogP contribution is -2.47. The van der Waals surface area contributed by atoms with Gasteiger partial charge < -0.3 is 10.6 Å². The number of nitrogens with two attached hydrogens (primary N) is 1. The molecule has 2 heterocycles. The summed E-state index contributed by atoms with van der Waals surface area (Å²) < 4.78 is 0. The van der Waals surface area contributed by atoms with Crippen LogP contribution in [0, 0.1) is 12.8 Å². The molecule has 1 aliphatic heterocycles. The first kappa shape index (κ1) is 14.6. The summed E-state index contributed by atoms with van der Waals surface area (Å²) in [6.07, 6.45) is 8.12. The number of rotatable bonds is 2. The highest BCUT2D eigenvalue weighted by Gasteiger charge is 2.35. The Hall–Kier alpha value is -1.32. The highest BCUT2D eigenvalue weighted by atomic mass is 15.2. The predicted octanol–water partition coefficient (Wildman–Crippen LogP) is 3.65. The molecular formula is C17H28N4. The monoisotopic (exact) mass is 288 g/mol. The molecule has 2 atom stereocenters. The van der Waals surface area contributed by atoms with Crippen LogP contribution in [0.1, 0.15) is 69.7 Å². The molecule has 1 aliphatic carbocycles. The van der Waals surface area contributed by atoms with Crippen molar-refractivity contribution in [2.75, 3.05) is 17.2 Å². The van der Waals surface area contributed by atoms with Crippen molar-refractivity contribution in [2.24, 2.45) is 5.92 Å². The Bertz CT molecular complexity index is 510. The van der Waals surface area contributed by atoms with Crippen LogP contribution >= 0.6 is 0 Å². The van der Waals surface area contributed by atoms with Crippen molar-refractivity contribution in [3.05, 3.63) is 11.4 Å². The fraction of sp³-hybridized carbons (Fsp3) is 0.765. The van der Waals surface area contributed by atoms with E-state index in [0.717, 1.165) is 29.7 Å². The summed E-state index contributed by atoms with van der Waals surface area (Å²) in [6.45, 7) is 7.46. The molecular weight excluding hydrogens is 260 g/mol. The second-order valence-corrected chi connectivity index (χ2v) is 7.02. The smallest absolute Gasteiger partial charge is 0.137 e. The van der Waals surface area contributed by atoms with Crippen LogP contribution in [0.5, 0.6) is 0 Å². The molecule has 4 nitrogen and oxygen atoms in total. The molecule has 1 saturated heterocycles. The van der Waals surface area contributed by atoms with E-state index in [4.69, 9.17) is 10.7 Å². The fourth-order valence-corrected chi connectivity index (χ4v) is 3.96. The number of anilines is 2. The van der Waals surface area contributed by atoms with Crippen molar-refractivity contribution in [2.45, 2.75) is 71.3 Å². The van der Waals surface area contributed by atoms with E-state index in [9.17, 15) is 0 Å². The number of aromatic nitrogens is 2. The molecule has 2 fully saturated rings. The summed E-state index contributed by atoms with van der Waals surface area (Å²) >= 11 is 0. The van der Waals surface area contributed by atoms with E-state index < -0.39 is 0 Å². The molecule has 116 valence electrons. The molecule has 2 N–H and O–H groups in total. The quantitative estimate of drug-likeness (QED) is 0.902. The van der Waals surface area contributed by atoms with Gasteiger partial charge in [-0.25, -0.2) is 9.97 Å². The Morgan fingerprint density at radius 3 is 2.57 bits per heavy atom. The molecule has 0 spiro atoms. The second kappa shape index (κ2) is 5.82. The van der Waals surface area contributed by atoms with Crippen LogP contribution in [0.2, 0.25) is 0 Å². The van der Waals surface area contributed by atoms with Gasteiger partial charge >= 0.3 is 0 Å². The molecule has 0 radical (unpaired) electrons. The number of nitrogens with zero attached hydrogens (tertiary/aromatic N) is 3. The van der Waals surface area contributed by atoms with Crippen molar-refractivity contribution in [3.63, 3.8) is 0 Å². The lowest BCUT2D eigenvalue weighted by molar-refractivity contribution is 0.242. The average molecular weight is 288 g/mol. The largest absolute Gasteiger partial charge is 0.383 e. The van der Waals surface area contributed by atoms with Crippen molar-refractivity contribution in [3.8, 4) is 0 Å². The minimum atomic E-state index is 0.318. The van der Waals surface area contributed by atoms with Gasteiger partial charge in [0.1, 0.15) is 17.5 Å². The summed E-state index contributed by atoms with van der Waals surface area (Å²) in [4.78, 5) is 11.9. The number of nitrogen functional groups attached to an aromatic ring is 1. The van der Waals surface area contributed by atoms with Crippen molar-refractivity contribution < 1.29 is 0 Å². The number of hydrogen-bond donors (Lipinski definition) is 1. The van der Waals surface area contributed by atoms with Crippen LogP contribution in [-0.2, 0) is 0 Å². The van der Waals surface area contributed by atoms with Gasteiger partial charge in [0.05, 0.1) is 0 Å². The van der Waals surface area contributed by atoms with Crippen LogP contribution < -0.4 is 10.6 Å². The maximum atomic E-state index is 6.16. The first-order valence-corrected chi connectivity index (χ1v) is 8.48. The van der Waals surface area contributed by atoms with Crippen molar-refractivity contribution >= 4 is 11.6 Å². The van der Waals surface area contributed by atoms with Crippen LogP contribution in [0.25, 0.3) is 0 Å². The Morgan fingerprint density at radius 2 is 1.81 bits per heavy atom. The summed E-state index contributed by atoms with van der Waals surface area (Å²) in [7, 11) is 0. The van der Waals surface area contributed by atoms with Crippen LogP contribution in [0.3, 0.4) is 0 Å². The topological polar surface area (TPSA) is 55.0 Å². The summed E-state index contributed by atoms with van der Waals surface area (Å²) in [5.74, 6) is 3.81. The molecule has 3 rings (SSSR count). The van der Waals surface area contributed by atoms with Gasteiger partial charge in [0.25, 0.3) is 0 Å². The highest BCUT2D eigenvalue weighted by Crippen LogP contribution is 2.38. The molecule has 1 aromatic rings. The Morgan fingerprint density at radius 1 is 1.10 bits per heavy atom. The zero-order valence-electron chi connectivity index (χ0n) is 13.6. The average Bonchev–Trinajstić information content (AvgIpc) is 2.49. The first-order chi connectivity index (χ1) is 10.1. The van der Waals surface area contributed by atoms with Crippen molar-refractivity contribution in [1.82, 2.24) is 9.97 Å². The lowest BCUT2D eigenvalue weighted by atomic mass is 9.78. The molecule has 21 heavy (non-hydrogen) atoms. The maximum absolute atomic E-state index is 6.16. The minimum Gasteiger partial charge on any atom is -0.383 e. The summed E-state index contributed by atoms with van der Waals surface area (Å²) in [5, 5.41) is 0. The fourth-order valence-electron chi connectivity index (χ4n) is 3.96. The highest BCUT2D eigenvalue weighted by molar-refractivity contribution is 5.57. The number of hydrogen-bond acceptors (Lipinski definition) is 4. The van der Waals surface area contributed by atoms with Gasteiger partial charge in [0.2, 0.25) is 0 Å². The van der Waals surface area contributed by atoms with Gasteiger partial charge in [0.15, 0.2) is 0 Å². The maximum Gasteiger partial charge on any atom is 0.137 e. The third-order valence-electron chi connectivity index (χ3n) is 5.21. The van der Waals surface area contributed by atoms with E-state index in [-0.39, 0.29) is 0 Å². The minimum absolute atomic E-state index is 0.318. The Labute approximate surface area is 128 Å². The lowest BCUT2D eigenvalue weighted by Gasteiger charge is -2.45. The van der Waals surface area contributed by atoms with Gasteiger partial charge in [-0.05, 0) is 38.5 Å². The molecule has 0 bridgehead atoms.